The SMILES string of the molecule is OC(CN1CCCCC1Cn1cncn1)c1ccc(F)cc1F. The van der Waals surface area contributed by atoms with Crippen LogP contribution in [0.1, 0.15) is 30.9 Å². The van der Waals surface area contributed by atoms with E-state index in [0.29, 0.717) is 13.1 Å². The zero-order valence-corrected chi connectivity index (χ0v) is 12.8. The molecule has 0 spiro atoms. The van der Waals surface area contributed by atoms with E-state index < -0.39 is 17.7 Å². The van der Waals surface area contributed by atoms with E-state index in [1.807, 2.05) is 0 Å². The summed E-state index contributed by atoms with van der Waals surface area (Å²) in [6.45, 7) is 1.86. The molecule has 0 bridgehead atoms. The van der Waals surface area contributed by atoms with Crippen molar-refractivity contribution >= 4 is 0 Å². The van der Waals surface area contributed by atoms with Gasteiger partial charge in [0, 0.05) is 24.2 Å². The third-order valence-corrected chi connectivity index (χ3v) is 4.34. The summed E-state index contributed by atoms with van der Waals surface area (Å²) < 4.78 is 28.6. The molecule has 1 aromatic heterocycles. The molecule has 1 saturated heterocycles. The summed E-state index contributed by atoms with van der Waals surface area (Å²) in [7, 11) is 0. The molecule has 3 rings (SSSR count). The molecule has 0 amide bonds. The maximum atomic E-state index is 13.8. The van der Waals surface area contributed by atoms with Crippen LogP contribution in [0.3, 0.4) is 0 Å². The van der Waals surface area contributed by atoms with Crippen LogP contribution in [0.5, 0.6) is 0 Å². The van der Waals surface area contributed by atoms with Gasteiger partial charge >= 0.3 is 0 Å². The quantitative estimate of drug-likeness (QED) is 0.916. The second-order valence-corrected chi connectivity index (χ2v) is 5.94. The Morgan fingerprint density at radius 2 is 2.17 bits per heavy atom. The molecule has 1 aliphatic rings. The molecule has 0 aliphatic carbocycles. The lowest BCUT2D eigenvalue weighted by atomic mass is 10.00. The van der Waals surface area contributed by atoms with E-state index in [1.165, 1.54) is 18.5 Å². The number of aromatic nitrogens is 3. The standard InChI is InChI=1S/C16H20F2N4O/c17-12-4-5-14(15(18)7-12)16(23)9-21-6-2-1-3-13(21)8-22-11-19-10-20-22/h4-5,7,10-11,13,16,23H,1-3,6,8-9H2. The zero-order chi connectivity index (χ0) is 16.2. The van der Waals surface area contributed by atoms with E-state index in [4.69, 9.17) is 0 Å². The summed E-state index contributed by atoms with van der Waals surface area (Å²) in [6.07, 6.45) is 5.35. The van der Waals surface area contributed by atoms with E-state index in [1.54, 1.807) is 11.0 Å². The van der Waals surface area contributed by atoms with Crippen molar-refractivity contribution in [1.29, 1.82) is 0 Å². The van der Waals surface area contributed by atoms with E-state index in [0.717, 1.165) is 31.9 Å². The van der Waals surface area contributed by atoms with Crippen LogP contribution in [0.4, 0.5) is 8.78 Å². The lowest BCUT2D eigenvalue weighted by Crippen LogP contribution is -2.44. The highest BCUT2D eigenvalue weighted by atomic mass is 19.1. The molecule has 0 radical (unpaired) electrons. The number of halogens is 2. The van der Waals surface area contributed by atoms with Crippen molar-refractivity contribution in [1.82, 2.24) is 19.7 Å². The number of likely N-dealkylation sites (tertiary alicyclic amines) is 1. The molecule has 2 aromatic rings. The Kier molecular flexibility index (Phi) is 4.97. The van der Waals surface area contributed by atoms with Gasteiger partial charge in [0.1, 0.15) is 24.3 Å². The highest BCUT2D eigenvalue weighted by Crippen LogP contribution is 2.24. The van der Waals surface area contributed by atoms with Crippen molar-refractivity contribution in [3.05, 3.63) is 48.1 Å². The van der Waals surface area contributed by atoms with Crippen LogP contribution < -0.4 is 0 Å². The number of hydrogen-bond donors (Lipinski definition) is 1. The molecule has 7 heteroatoms. The average Bonchev–Trinajstić information content (AvgIpc) is 3.02. The Morgan fingerprint density at radius 1 is 1.30 bits per heavy atom. The number of β-amino-alcohol motifs (C(OH)–C–C–N with tert-alkyl or cyclic N) is 1. The summed E-state index contributed by atoms with van der Waals surface area (Å²) >= 11 is 0. The molecule has 124 valence electrons. The molecule has 1 fully saturated rings. The minimum absolute atomic E-state index is 0.136. The number of benzene rings is 1. The monoisotopic (exact) mass is 322 g/mol. The van der Waals surface area contributed by atoms with Gasteiger partial charge in [0.15, 0.2) is 0 Å². The smallest absolute Gasteiger partial charge is 0.137 e. The number of aliphatic hydroxyl groups is 1. The molecule has 1 aromatic carbocycles. The molecular formula is C16H20F2N4O. The van der Waals surface area contributed by atoms with Crippen LogP contribution in [0, 0.1) is 11.6 Å². The summed E-state index contributed by atoms with van der Waals surface area (Å²) in [5.74, 6) is -1.34. The van der Waals surface area contributed by atoms with Crippen LogP contribution >= 0.6 is 0 Å². The predicted octanol–water partition coefficient (Wildman–Crippen LogP) is 2.14. The summed E-state index contributed by atoms with van der Waals surface area (Å²) in [4.78, 5) is 6.09. The molecule has 2 atom stereocenters. The minimum Gasteiger partial charge on any atom is -0.387 e. The fraction of sp³-hybridized carbons (Fsp3) is 0.500. The molecule has 5 nitrogen and oxygen atoms in total. The number of rotatable bonds is 5. The zero-order valence-electron chi connectivity index (χ0n) is 12.8. The van der Waals surface area contributed by atoms with Crippen LogP contribution in [0.25, 0.3) is 0 Å². The first-order chi connectivity index (χ1) is 11.1. The second kappa shape index (κ2) is 7.14. The Bertz CT molecular complexity index is 635. The van der Waals surface area contributed by atoms with E-state index in [-0.39, 0.29) is 11.6 Å². The highest BCUT2D eigenvalue weighted by Gasteiger charge is 2.26. The third-order valence-electron chi connectivity index (χ3n) is 4.34. The fourth-order valence-corrected chi connectivity index (χ4v) is 3.14. The Hall–Kier alpha value is -1.86. The topological polar surface area (TPSA) is 54.2 Å². The first-order valence-electron chi connectivity index (χ1n) is 7.83. The largest absolute Gasteiger partial charge is 0.387 e. The van der Waals surface area contributed by atoms with Gasteiger partial charge in [0.25, 0.3) is 0 Å². The van der Waals surface area contributed by atoms with Gasteiger partial charge in [-0.3, -0.25) is 9.58 Å². The predicted molar refractivity (Wildman–Crippen MR) is 80.6 cm³/mol. The summed E-state index contributed by atoms with van der Waals surface area (Å²) in [5.41, 5.74) is 0.136. The summed E-state index contributed by atoms with van der Waals surface area (Å²) in [5, 5.41) is 14.5. The van der Waals surface area contributed by atoms with Gasteiger partial charge in [-0.05, 0) is 25.5 Å². The summed E-state index contributed by atoms with van der Waals surface area (Å²) in [6, 6.07) is 3.52. The molecule has 1 aliphatic heterocycles. The van der Waals surface area contributed by atoms with Crippen LogP contribution in [0.15, 0.2) is 30.9 Å². The van der Waals surface area contributed by atoms with Crippen LogP contribution in [-0.2, 0) is 6.54 Å². The van der Waals surface area contributed by atoms with Crippen molar-refractivity contribution in [2.45, 2.75) is 38.0 Å². The van der Waals surface area contributed by atoms with Gasteiger partial charge < -0.3 is 5.11 Å². The van der Waals surface area contributed by atoms with Crippen LogP contribution in [-0.4, -0.2) is 43.9 Å². The number of hydrogen-bond acceptors (Lipinski definition) is 4. The second-order valence-electron chi connectivity index (χ2n) is 5.94. The highest BCUT2D eigenvalue weighted by molar-refractivity contribution is 5.21. The van der Waals surface area contributed by atoms with Crippen molar-refractivity contribution in [3.63, 3.8) is 0 Å². The molecule has 1 N–H and O–H groups in total. The van der Waals surface area contributed by atoms with Gasteiger partial charge in [0.2, 0.25) is 0 Å². The van der Waals surface area contributed by atoms with Gasteiger partial charge in [-0.25, -0.2) is 13.8 Å². The third kappa shape index (κ3) is 3.92. The van der Waals surface area contributed by atoms with E-state index in [9.17, 15) is 13.9 Å². The van der Waals surface area contributed by atoms with Crippen LogP contribution in [0.2, 0.25) is 0 Å². The van der Waals surface area contributed by atoms with Crippen molar-refractivity contribution in [2.75, 3.05) is 13.1 Å². The lowest BCUT2D eigenvalue weighted by Gasteiger charge is -2.36. The normalized spacial score (nSPS) is 20.6. The van der Waals surface area contributed by atoms with Gasteiger partial charge in [0.05, 0.1) is 12.6 Å². The number of piperidine rings is 1. The molecule has 0 saturated carbocycles. The van der Waals surface area contributed by atoms with Gasteiger partial charge in [-0.15, -0.1) is 0 Å². The molecule has 23 heavy (non-hydrogen) atoms. The van der Waals surface area contributed by atoms with E-state index in [2.05, 4.69) is 15.0 Å². The molecule has 2 unspecified atom stereocenters. The maximum Gasteiger partial charge on any atom is 0.137 e. The minimum atomic E-state index is -0.980. The van der Waals surface area contributed by atoms with Gasteiger partial charge in [-0.2, -0.15) is 5.10 Å². The Labute approximate surface area is 133 Å². The Balaban J connectivity index is 1.68. The lowest BCUT2D eigenvalue weighted by molar-refractivity contribution is 0.0574. The van der Waals surface area contributed by atoms with Crippen molar-refractivity contribution < 1.29 is 13.9 Å². The number of nitrogens with zero attached hydrogens (tertiary/aromatic N) is 4. The first-order valence-corrected chi connectivity index (χ1v) is 7.83. The molecular weight excluding hydrogens is 302 g/mol. The molecule has 2 heterocycles. The number of aliphatic hydroxyl groups excluding tert-OH is 1. The van der Waals surface area contributed by atoms with Gasteiger partial charge in [-0.1, -0.05) is 12.5 Å². The first kappa shape index (κ1) is 16.0. The van der Waals surface area contributed by atoms with Crippen molar-refractivity contribution in [3.8, 4) is 0 Å². The van der Waals surface area contributed by atoms with E-state index >= 15 is 0 Å². The fourth-order valence-electron chi connectivity index (χ4n) is 3.14. The average molecular weight is 322 g/mol. The Morgan fingerprint density at radius 3 is 2.91 bits per heavy atom. The van der Waals surface area contributed by atoms with Crippen molar-refractivity contribution in [2.24, 2.45) is 0 Å². The maximum absolute atomic E-state index is 13.8.